The zero-order valence-electron chi connectivity index (χ0n) is 12.3. The van der Waals surface area contributed by atoms with Gasteiger partial charge in [0.1, 0.15) is 11.6 Å². The molecule has 0 spiro atoms. The molecule has 2 aromatic rings. The van der Waals surface area contributed by atoms with Crippen molar-refractivity contribution in [3.05, 3.63) is 53.3 Å². The van der Waals surface area contributed by atoms with E-state index in [4.69, 9.17) is 22.7 Å². The van der Waals surface area contributed by atoms with Crippen LogP contribution in [0.5, 0.6) is 0 Å². The van der Waals surface area contributed by atoms with Gasteiger partial charge in [0, 0.05) is 12.4 Å². The van der Waals surface area contributed by atoms with Crippen LogP contribution in [0.25, 0.3) is 10.9 Å². The van der Waals surface area contributed by atoms with Crippen molar-refractivity contribution in [3.8, 4) is 0 Å². The van der Waals surface area contributed by atoms with Crippen LogP contribution in [0.15, 0.2) is 47.6 Å². The Balaban J connectivity index is 2.10. The molecule has 2 heterocycles. The van der Waals surface area contributed by atoms with Crippen molar-refractivity contribution in [1.82, 2.24) is 4.98 Å². The van der Waals surface area contributed by atoms with Gasteiger partial charge < -0.3 is 15.5 Å². The van der Waals surface area contributed by atoms with E-state index < -0.39 is 10.0 Å². The maximum Gasteiger partial charge on any atom is 0.297 e. The monoisotopic (exact) mass is 349 g/mol. The highest BCUT2D eigenvalue weighted by atomic mass is 32.2. The van der Waals surface area contributed by atoms with Gasteiger partial charge >= 0.3 is 0 Å². The van der Waals surface area contributed by atoms with Crippen molar-refractivity contribution in [3.63, 3.8) is 0 Å². The number of nitrogens with two attached hydrogens (primary N) is 1. The molecule has 0 saturated heterocycles. The molecule has 0 bridgehead atoms. The lowest BCUT2D eigenvalue weighted by atomic mass is 10.2. The minimum absolute atomic E-state index is 0.0828. The number of sulfonamides is 1. The van der Waals surface area contributed by atoms with Crippen LogP contribution in [0.2, 0.25) is 0 Å². The average molecular weight is 349 g/mol. The molecule has 0 fully saturated rings. The molecule has 0 aliphatic carbocycles. The number of rotatable bonds is 4. The Kier molecular flexibility index (Phi) is 3.87. The summed E-state index contributed by atoms with van der Waals surface area (Å²) in [5.41, 5.74) is 7.36. The number of anilines is 1. The maximum atomic E-state index is 12.7. The molecular formula is C15H15N3O3S2. The number of thiocarbonyl (C=S) groups is 1. The van der Waals surface area contributed by atoms with Gasteiger partial charge in [-0.3, -0.25) is 4.31 Å². The van der Waals surface area contributed by atoms with Crippen molar-refractivity contribution in [2.45, 2.75) is 0 Å². The summed E-state index contributed by atoms with van der Waals surface area (Å²) >= 11 is 4.97. The third-order valence-corrected chi connectivity index (χ3v) is 5.44. The summed E-state index contributed by atoms with van der Waals surface area (Å²) in [5.74, 6) is 0. The Hall–Kier alpha value is -2.32. The number of aromatic nitrogens is 1. The molecule has 3 rings (SSSR count). The molecule has 0 saturated carbocycles. The van der Waals surface area contributed by atoms with E-state index in [9.17, 15) is 8.42 Å². The first kappa shape index (κ1) is 15.6. The molecule has 1 aliphatic heterocycles. The predicted octanol–water partition coefficient (Wildman–Crippen LogP) is 2.00. The van der Waals surface area contributed by atoms with Gasteiger partial charge in [0.25, 0.3) is 10.0 Å². The second-order valence-electron chi connectivity index (χ2n) is 4.99. The summed E-state index contributed by atoms with van der Waals surface area (Å²) in [4.78, 5) is 3.30. The molecule has 120 valence electrons. The summed E-state index contributed by atoms with van der Waals surface area (Å²) in [6.07, 6.45) is 4.83. The van der Waals surface area contributed by atoms with E-state index >= 15 is 0 Å². The van der Waals surface area contributed by atoms with E-state index in [1.54, 1.807) is 30.4 Å². The molecule has 3 N–H and O–H groups in total. The van der Waals surface area contributed by atoms with Gasteiger partial charge in [0.15, 0.2) is 0 Å². The molecule has 0 atom stereocenters. The van der Waals surface area contributed by atoms with Gasteiger partial charge in [0.05, 0.1) is 16.9 Å². The zero-order valence-corrected chi connectivity index (χ0v) is 13.9. The molecule has 6 nitrogen and oxygen atoms in total. The van der Waals surface area contributed by atoms with Crippen LogP contribution in [0.4, 0.5) is 5.69 Å². The van der Waals surface area contributed by atoms with Gasteiger partial charge in [-0.15, -0.1) is 0 Å². The standard InChI is InChI=1S/C15H15N3O3S2/c1-18(23(19,20)13-7-2-3-8-21-13)12-6-4-5-10-9-11(15(16)22)17-14(10)12/h2-7,9,17H,8H2,1H3,(H2,16,22). The Bertz CT molecular complexity index is 942. The first-order chi connectivity index (χ1) is 10.9. The highest BCUT2D eigenvalue weighted by Gasteiger charge is 2.27. The summed E-state index contributed by atoms with van der Waals surface area (Å²) in [5, 5.41) is 0.742. The minimum Gasteiger partial charge on any atom is -0.478 e. The van der Waals surface area contributed by atoms with Gasteiger partial charge in [-0.2, -0.15) is 8.42 Å². The average Bonchev–Trinajstić information content (AvgIpc) is 2.99. The van der Waals surface area contributed by atoms with Crippen molar-refractivity contribution >= 4 is 43.8 Å². The van der Waals surface area contributed by atoms with Crippen molar-refractivity contribution < 1.29 is 13.2 Å². The maximum absolute atomic E-state index is 12.7. The van der Waals surface area contributed by atoms with Gasteiger partial charge in [-0.1, -0.05) is 30.4 Å². The molecule has 0 unspecified atom stereocenters. The van der Waals surface area contributed by atoms with E-state index in [-0.39, 0.29) is 16.7 Å². The highest BCUT2D eigenvalue weighted by Crippen LogP contribution is 2.30. The SMILES string of the molecule is CN(c1cccc2cc(C(N)=S)[nH]c12)S(=O)(=O)C1=CC=CCO1. The highest BCUT2D eigenvalue weighted by molar-refractivity contribution is 7.96. The molecule has 1 aromatic carbocycles. The fourth-order valence-corrected chi connectivity index (χ4v) is 3.60. The smallest absolute Gasteiger partial charge is 0.297 e. The number of hydrogen-bond donors (Lipinski definition) is 2. The number of nitrogens with zero attached hydrogens (tertiary/aromatic N) is 1. The van der Waals surface area contributed by atoms with E-state index in [1.165, 1.54) is 17.4 Å². The minimum atomic E-state index is -3.78. The number of para-hydroxylation sites is 1. The second kappa shape index (κ2) is 5.71. The van der Waals surface area contributed by atoms with E-state index in [0.29, 0.717) is 16.9 Å². The number of nitrogens with one attached hydrogen (secondary N) is 1. The van der Waals surface area contributed by atoms with Gasteiger partial charge in [-0.25, -0.2) is 0 Å². The molecule has 8 heteroatoms. The summed E-state index contributed by atoms with van der Waals surface area (Å²) in [7, 11) is -2.30. The summed E-state index contributed by atoms with van der Waals surface area (Å²) in [6, 6.07) is 7.13. The lowest BCUT2D eigenvalue weighted by Gasteiger charge is -2.22. The van der Waals surface area contributed by atoms with Crippen LogP contribution in [0.3, 0.4) is 0 Å². The van der Waals surface area contributed by atoms with Crippen LogP contribution in [-0.2, 0) is 14.8 Å². The Labute approximate surface area is 139 Å². The van der Waals surface area contributed by atoms with E-state index in [1.807, 2.05) is 6.07 Å². The normalized spacial score (nSPS) is 14.4. The van der Waals surface area contributed by atoms with Crippen LogP contribution in [0.1, 0.15) is 5.69 Å². The molecule has 0 amide bonds. The fourth-order valence-electron chi connectivity index (χ4n) is 2.34. The number of H-pyrrole nitrogens is 1. The van der Waals surface area contributed by atoms with Crippen molar-refractivity contribution in [2.75, 3.05) is 18.0 Å². The number of ether oxygens (including phenoxy) is 1. The quantitative estimate of drug-likeness (QED) is 0.824. The Morgan fingerprint density at radius 2 is 2.22 bits per heavy atom. The molecule has 0 radical (unpaired) electrons. The van der Waals surface area contributed by atoms with E-state index in [2.05, 4.69) is 4.98 Å². The Morgan fingerprint density at radius 1 is 1.43 bits per heavy atom. The number of allylic oxidation sites excluding steroid dienone is 2. The number of hydrogen-bond acceptors (Lipinski definition) is 4. The topological polar surface area (TPSA) is 88.4 Å². The van der Waals surface area contributed by atoms with Crippen LogP contribution >= 0.6 is 12.2 Å². The number of aromatic amines is 1. The predicted molar refractivity (Wildman–Crippen MR) is 94.7 cm³/mol. The summed E-state index contributed by atoms with van der Waals surface area (Å²) in [6.45, 7) is 0.233. The molecule has 1 aromatic heterocycles. The lowest BCUT2D eigenvalue weighted by molar-refractivity contribution is 0.267. The first-order valence-corrected chi connectivity index (χ1v) is 8.66. The Morgan fingerprint density at radius 3 is 2.87 bits per heavy atom. The van der Waals surface area contributed by atoms with Crippen molar-refractivity contribution in [2.24, 2.45) is 5.73 Å². The van der Waals surface area contributed by atoms with Crippen LogP contribution < -0.4 is 10.0 Å². The largest absolute Gasteiger partial charge is 0.478 e. The number of benzene rings is 1. The third-order valence-electron chi connectivity index (χ3n) is 3.54. The molecule has 1 aliphatic rings. The van der Waals surface area contributed by atoms with Crippen LogP contribution in [0, 0.1) is 0 Å². The van der Waals surface area contributed by atoms with Gasteiger partial charge in [0.2, 0.25) is 5.09 Å². The zero-order chi connectivity index (χ0) is 16.6. The van der Waals surface area contributed by atoms with Gasteiger partial charge in [-0.05, 0) is 24.3 Å². The summed E-state index contributed by atoms with van der Waals surface area (Å²) < 4.78 is 31.8. The number of fused-ring (bicyclic) bond motifs is 1. The molecule has 23 heavy (non-hydrogen) atoms. The van der Waals surface area contributed by atoms with E-state index in [0.717, 1.165) is 5.39 Å². The lowest BCUT2D eigenvalue weighted by Crippen LogP contribution is -2.29. The molecular weight excluding hydrogens is 334 g/mol. The first-order valence-electron chi connectivity index (χ1n) is 6.81. The third kappa shape index (κ3) is 2.71. The fraction of sp³-hybridized carbons (Fsp3) is 0.133. The second-order valence-corrected chi connectivity index (χ2v) is 7.33. The van der Waals surface area contributed by atoms with Crippen LogP contribution in [-0.4, -0.2) is 32.0 Å². The van der Waals surface area contributed by atoms with Crippen molar-refractivity contribution in [1.29, 1.82) is 0 Å².